The zero-order valence-electron chi connectivity index (χ0n) is 5.98. The lowest BCUT2D eigenvalue weighted by Crippen LogP contribution is -2.12. The molecule has 2 nitrogen and oxygen atoms in total. The Morgan fingerprint density at radius 1 is 1.67 bits per heavy atom. The van der Waals surface area contributed by atoms with Crippen molar-refractivity contribution < 1.29 is 9.46 Å². The van der Waals surface area contributed by atoms with Crippen LogP contribution in [0.4, 0.5) is 0 Å². The van der Waals surface area contributed by atoms with E-state index in [4.69, 9.17) is 4.89 Å². The smallest absolute Gasteiger partial charge is 0.189 e. The van der Waals surface area contributed by atoms with E-state index in [-0.39, 0.29) is 5.41 Å². The third-order valence-electron chi connectivity index (χ3n) is 1.31. The molecule has 0 aliphatic carbocycles. The molecule has 0 aromatic rings. The SMILES string of the molecule is [CH2]CC(C)(C)C[PH](=O)O. The molecule has 0 amide bonds. The lowest BCUT2D eigenvalue weighted by molar-refractivity contribution is 0.400. The second-order valence-electron chi connectivity index (χ2n) is 2.98. The van der Waals surface area contributed by atoms with Gasteiger partial charge in [-0.15, -0.1) is 0 Å². The van der Waals surface area contributed by atoms with Gasteiger partial charge >= 0.3 is 0 Å². The van der Waals surface area contributed by atoms with Crippen LogP contribution in [-0.2, 0) is 4.57 Å². The van der Waals surface area contributed by atoms with E-state index in [9.17, 15) is 4.57 Å². The van der Waals surface area contributed by atoms with Crippen LogP contribution in [0.3, 0.4) is 0 Å². The van der Waals surface area contributed by atoms with Crippen molar-refractivity contribution in [3.63, 3.8) is 0 Å². The zero-order valence-corrected chi connectivity index (χ0v) is 6.98. The van der Waals surface area contributed by atoms with Gasteiger partial charge in [-0.25, -0.2) is 0 Å². The van der Waals surface area contributed by atoms with Crippen LogP contribution in [0, 0.1) is 12.3 Å². The van der Waals surface area contributed by atoms with E-state index in [1.807, 2.05) is 13.8 Å². The summed E-state index contributed by atoms with van der Waals surface area (Å²) in [6.45, 7) is 7.56. The number of hydrogen-bond donors (Lipinski definition) is 1. The second kappa shape index (κ2) is 3.38. The quantitative estimate of drug-likeness (QED) is 0.620. The minimum atomic E-state index is -2.29. The Bertz CT molecular complexity index is 110. The summed E-state index contributed by atoms with van der Waals surface area (Å²) in [4.78, 5) is 8.54. The lowest BCUT2D eigenvalue weighted by Gasteiger charge is -2.19. The molecule has 1 atom stereocenters. The molecule has 9 heavy (non-hydrogen) atoms. The van der Waals surface area contributed by atoms with E-state index in [2.05, 4.69) is 6.92 Å². The second-order valence-corrected chi connectivity index (χ2v) is 4.13. The Morgan fingerprint density at radius 3 is 2.22 bits per heavy atom. The maximum Gasteiger partial charge on any atom is 0.189 e. The molecule has 55 valence electrons. The summed E-state index contributed by atoms with van der Waals surface area (Å²) in [6, 6.07) is 0. The van der Waals surface area contributed by atoms with Crippen molar-refractivity contribution in [3.8, 4) is 0 Å². The molecular formula is C6H14O2P. The molecule has 0 spiro atoms. The Morgan fingerprint density at radius 2 is 2.11 bits per heavy atom. The van der Waals surface area contributed by atoms with Crippen LogP contribution >= 0.6 is 8.03 Å². The van der Waals surface area contributed by atoms with Gasteiger partial charge in [0.05, 0.1) is 0 Å². The molecule has 0 aromatic carbocycles. The standard InChI is InChI=1S/C6H14O2P/c1-4-6(2,3)5-9(7)8/h9H,1,4-5H2,2-3H3,(H,7,8). The highest BCUT2D eigenvalue weighted by Crippen LogP contribution is 2.30. The van der Waals surface area contributed by atoms with E-state index in [1.54, 1.807) is 0 Å². The van der Waals surface area contributed by atoms with Crippen LogP contribution in [-0.4, -0.2) is 11.1 Å². The normalized spacial score (nSPS) is 15.6. The number of rotatable bonds is 3. The average Bonchev–Trinajstić information content (AvgIpc) is 1.63. The first kappa shape index (κ1) is 9.19. The Kier molecular flexibility index (Phi) is 3.45. The van der Waals surface area contributed by atoms with E-state index in [0.717, 1.165) is 0 Å². The first-order valence-corrected chi connectivity index (χ1v) is 4.55. The summed E-state index contributed by atoms with van der Waals surface area (Å²) in [5.74, 6) is 0. The summed E-state index contributed by atoms with van der Waals surface area (Å²) >= 11 is 0. The van der Waals surface area contributed by atoms with Gasteiger partial charge in [0.1, 0.15) is 0 Å². The van der Waals surface area contributed by atoms with Crippen LogP contribution in [0.5, 0.6) is 0 Å². The van der Waals surface area contributed by atoms with Gasteiger partial charge in [0, 0.05) is 6.16 Å². The van der Waals surface area contributed by atoms with Crippen LogP contribution in [0.15, 0.2) is 0 Å². The third-order valence-corrected chi connectivity index (χ3v) is 2.57. The largest absolute Gasteiger partial charge is 0.346 e. The zero-order chi connectivity index (χ0) is 7.49. The number of hydrogen-bond acceptors (Lipinski definition) is 1. The Balaban J connectivity index is 3.71. The van der Waals surface area contributed by atoms with E-state index < -0.39 is 8.03 Å². The topological polar surface area (TPSA) is 37.3 Å². The Hall–Kier alpha value is 0.190. The van der Waals surface area contributed by atoms with Gasteiger partial charge in [0.15, 0.2) is 8.03 Å². The van der Waals surface area contributed by atoms with Gasteiger partial charge in [0.25, 0.3) is 0 Å². The summed E-state index contributed by atoms with van der Waals surface area (Å²) < 4.78 is 10.3. The highest BCUT2D eigenvalue weighted by atomic mass is 31.1. The lowest BCUT2D eigenvalue weighted by atomic mass is 9.93. The predicted molar refractivity (Wildman–Crippen MR) is 39.8 cm³/mol. The molecule has 0 heterocycles. The third kappa shape index (κ3) is 4.68. The van der Waals surface area contributed by atoms with Crippen LogP contribution in [0.25, 0.3) is 0 Å². The van der Waals surface area contributed by atoms with Gasteiger partial charge < -0.3 is 4.89 Å². The molecule has 0 rings (SSSR count). The van der Waals surface area contributed by atoms with E-state index >= 15 is 0 Å². The van der Waals surface area contributed by atoms with Crippen molar-refractivity contribution in [1.29, 1.82) is 0 Å². The Labute approximate surface area is 57.1 Å². The summed E-state index contributed by atoms with van der Waals surface area (Å²) in [6.07, 6.45) is 1.10. The fraction of sp³-hybridized carbons (Fsp3) is 0.833. The predicted octanol–water partition coefficient (Wildman–Crippen LogP) is 1.70. The molecular weight excluding hydrogens is 135 g/mol. The summed E-state index contributed by atoms with van der Waals surface area (Å²) in [5, 5.41) is 0. The van der Waals surface area contributed by atoms with Crippen LogP contribution in [0.2, 0.25) is 0 Å². The molecule has 0 aliphatic heterocycles. The minimum Gasteiger partial charge on any atom is -0.346 e. The summed E-state index contributed by atoms with van der Waals surface area (Å²) in [5.41, 5.74) is -0.0647. The molecule has 0 aromatic heterocycles. The van der Waals surface area contributed by atoms with Crippen molar-refractivity contribution in [3.05, 3.63) is 6.92 Å². The minimum absolute atomic E-state index is 0.0647. The monoisotopic (exact) mass is 149 g/mol. The highest BCUT2D eigenvalue weighted by molar-refractivity contribution is 7.38. The van der Waals surface area contributed by atoms with Crippen LogP contribution in [0.1, 0.15) is 20.3 Å². The van der Waals surface area contributed by atoms with Gasteiger partial charge in [0.2, 0.25) is 0 Å². The van der Waals surface area contributed by atoms with Gasteiger partial charge in [-0.1, -0.05) is 20.8 Å². The van der Waals surface area contributed by atoms with Crippen molar-refractivity contribution in [2.45, 2.75) is 20.3 Å². The molecule has 0 aliphatic rings. The molecule has 1 radical (unpaired) electrons. The van der Waals surface area contributed by atoms with Crippen molar-refractivity contribution >= 4 is 8.03 Å². The fourth-order valence-electron chi connectivity index (χ4n) is 0.498. The highest BCUT2D eigenvalue weighted by Gasteiger charge is 2.16. The first-order chi connectivity index (χ1) is 3.98. The molecule has 3 heteroatoms. The average molecular weight is 149 g/mol. The van der Waals surface area contributed by atoms with Crippen molar-refractivity contribution in [1.82, 2.24) is 0 Å². The molecule has 0 fully saturated rings. The maximum atomic E-state index is 10.3. The van der Waals surface area contributed by atoms with E-state index in [1.165, 1.54) is 0 Å². The molecule has 0 saturated heterocycles. The van der Waals surface area contributed by atoms with Gasteiger partial charge in [-0.3, -0.25) is 4.57 Å². The van der Waals surface area contributed by atoms with Crippen molar-refractivity contribution in [2.75, 3.05) is 6.16 Å². The first-order valence-electron chi connectivity index (χ1n) is 2.99. The maximum absolute atomic E-state index is 10.3. The molecule has 0 bridgehead atoms. The molecule has 1 unspecified atom stereocenters. The van der Waals surface area contributed by atoms with Crippen LogP contribution < -0.4 is 0 Å². The van der Waals surface area contributed by atoms with Crippen molar-refractivity contribution in [2.24, 2.45) is 5.41 Å². The molecule has 1 N–H and O–H groups in total. The van der Waals surface area contributed by atoms with Gasteiger partial charge in [-0.05, 0) is 11.8 Å². The fourth-order valence-corrected chi connectivity index (χ4v) is 1.49. The summed E-state index contributed by atoms with van der Waals surface area (Å²) in [7, 11) is -2.29. The van der Waals surface area contributed by atoms with Gasteiger partial charge in [-0.2, -0.15) is 0 Å². The van der Waals surface area contributed by atoms with E-state index in [0.29, 0.717) is 12.6 Å². The molecule has 0 saturated carbocycles.